The summed E-state index contributed by atoms with van der Waals surface area (Å²) in [6.45, 7) is 15.3. The van der Waals surface area contributed by atoms with Crippen LogP contribution >= 0.6 is 11.8 Å². The second-order valence-electron chi connectivity index (χ2n) is 3.63. The van der Waals surface area contributed by atoms with E-state index in [1.54, 1.807) is 0 Å². The fourth-order valence-electron chi connectivity index (χ4n) is 1.25. The minimum Gasteiger partial charge on any atom is -1.00 e. The summed E-state index contributed by atoms with van der Waals surface area (Å²) in [5.74, 6) is 1.28. The number of thioether (sulfide) groups is 1. The van der Waals surface area contributed by atoms with Crippen molar-refractivity contribution >= 4 is 11.8 Å². The zero-order valence-corrected chi connectivity index (χ0v) is 12.6. The lowest BCUT2D eigenvalue weighted by Crippen LogP contribution is -3.00. The molecule has 0 aliphatic heterocycles. The first-order valence-electron chi connectivity index (χ1n) is 5.07. The molecule has 0 aliphatic carbocycles. The van der Waals surface area contributed by atoms with Gasteiger partial charge >= 0.3 is 0 Å². The molecule has 0 aromatic heterocycles. The zero-order chi connectivity index (χ0) is 9.61. The Morgan fingerprint density at radius 1 is 1.00 bits per heavy atom. The van der Waals surface area contributed by atoms with Gasteiger partial charge in [-0.1, -0.05) is 25.6 Å². The molecule has 0 atom stereocenters. The summed E-state index contributed by atoms with van der Waals surface area (Å²) < 4.78 is 1.27. The van der Waals surface area contributed by atoms with Crippen molar-refractivity contribution in [3.63, 3.8) is 0 Å². The largest absolute Gasteiger partial charge is 1.00 e. The molecule has 13 heavy (non-hydrogen) atoms. The van der Waals surface area contributed by atoms with Crippen molar-refractivity contribution in [3.8, 4) is 0 Å². The third kappa shape index (κ3) is 6.18. The third-order valence-electron chi connectivity index (χ3n) is 2.69. The van der Waals surface area contributed by atoms with E-state index in [1.165, 1.54) is 30.0 Å². The highest BCUT2D eigenvalue weighted by atomic mass is 127. The molecule has 0 aromatic carbocycles. The van der Waals surface area contributed by atoms with Gasteiger partial charge in [-0.25, -0.2) is 0 Å². The number of rotatable bonds is 6. The number of nitrogens with zero attached hydrogens (tertiary/aromatic N) is 1. The lowest BCUT2D eigenvalue weighted by Gasteiger charge is -2.35. The Hall–Kier alpha value is 1.04. The molecule has 0 saturated heterocycles. The summed E-state index contributed by atoms with van der Waals surface area (Å²) in [7, 11) is 0. The van der Waals surface area contributed by atoms with Gasteiger partial charge in [-0.15, -0.1) is 0 Å². The molecule has 3 heteroatoms. The lowest BCUT2D eigenvalue weighted by atomic mass is 10.4. The Labute approximate surface area is 105 Å². The van der Waals surface area contributed by atoms with Crippen LogP contribution in [0.15, 0.2) is 0 Å². The zero-order valence-electron chi connectivity index (χ0n) is 9.64. The molecule has 0 rings (SSSR count). The first kappa shape index (κ1) is 16.5. The summed E-state index contributed by atoms with van der Waals surface area (Å²) >= 11 is 2.08. The minimum atomic E-state index is 0. The van der Waals surface area contributed by atoms with Gasteiger partial charge in [0.05, 0.1) is 19.6 Å². The molecule has 0 saturated carbocycles. The van der Waals surface area contributed by atoms with Gasteiger partial charge in [-0.2, -0.15) is 0 Å². The fraction of sp³-hybridized carbons (Fsp3) is 1.00. The van der Waals surface area contributed by atoms with Gasteiger partial charge in [0, 0.05) is 5.25 Å². The Morgan fingerprint density at radius 2 is 1.38 bits per heavy atom. The van der Waals surface area contributed by atoms with Gasteiger partial charge in [-0.3, -0.25) is 0 Å². The molecule has 0 heterocycles. The maximum absolute atomic E-state index is 2.30. The molecule has 0 aliphatic rings. The van der Waals surface area contributed by atoms with Crippen molar-refractivity contribution in [2.24, 2.45) is 0 Å². The van der Waals surface area contributed by atoms with E-state index in [2.05, 4.69) is 46.4 Å². The van der Waals surface area contributed by atoms with Crippen LogP contribution in [0.2, 0.25) is 0 Å². The van der Waals surface area contributed by atoms with Crippen molar-refractivity contribution in [2.75, 3.05) is 25.5 Å². The Balaban J connectivity index is 0. The standard InChI is InChI=1S/C10H24NS.HI/c1-6-11(7-2,8-3)9-12-10(4)5;/h10H,6-9H2,1-5H3;1H/q+1;/p-1. The van der Waals surface area contributed by atoms with E-state index in [-0.39, 0.29) is 24.0 Å². The molecule has 0 radical (unpaired) electrons. The smallest absolute Gasteiger partial charge is 0.126 e. The van der Waals surface area contributed by atoms with Gasteiger partial charge < -0.3 is 28.5 Å². The molecular weight excluding hydrogens is 293 g/mol. The molecule has 0 unspecified atom stereocenters. The minimum absolute atomic E-state index is 0. The summed E-state index contributed by atoms with van der Waals surface area (Å²) in [5, 5.41) is 0.771. The van der Waals surface area contributed by atoms with Crippen molar-refractivity contribution in [3.05, 3.63) is 0 Å². The number of hydrogen-bond donors (Lipinski definition) is 0. The van der Waals surface area contributed by atoms with Crippen LogP contribution in [0.3, 0.4) is 0 Å². The van der Waals surface area contributed by atoms with Crippen molar-refractivity contribution in [1.82, 2.24) is 0 Å². The van der Waals surface area contributed by atoms with Gasteiger partial charge in [0.15, 0.2) is 0 Å². The van der Waals surface area contributed by atoms with Crippen molar-refractivity contribution in [1.29, 1.82) is 0 Å². The van der Waals surface area contributed by atoms with Crippen LogP contribution < -0.4 is 24.0 Å². The molecule has 0 amide bonds. The third-order valence-corrected chi connectivity index (χ3v) is 4.06. The van der Waals surface area contributed by atoms with E-state index in [9.17, 15) is 0 Å². The quantitative estimate of drug-likeness (QED) is 0.377. The second kappa shape index (κ2) is 8.36. The maximum Gasteiger partial charge on any atom is 0.126 e. The molecule has 1 nitrogen and oxygen atoms in total. The summed E-state index contributed by atoms with van der Waals surface area (Å²) in [6, 6.07) is 0. The predicted molar refractivity (Wildman–Crippen MR) is 59.5 cm³/mol. The maximum atomic E-state index is 2.30. The fourth-order valence-corrected chi connectivity index (χ4v) is 2.41. The topological polar surface area (TPSA) is 0 Å². The van der Waals surface area contributed by atoms with E-state index in [0.717, 1.165) is 5.25 Å². The van der Waals surface area contributed by atoms with E-state index in [1.807, 2.05) is 0 Å². The van der Waals surface area contributed by atoms with Crippen LogP contribution in [-0.2, 0) is 0 Å². The number of quaternary nitrogens is 1. The van der Waals surface area contributed by atoms with Crippen LogP contribution in [0, 0.1) is 0 Å². The highest BCUT2D eigenvalue weighted by Gasteiger charge is 2.20. The number of halogens is 1. The normalized spacial score (nSPS) is 11.5. The summed E-state index contributed by atoms with van der Waals surface area (Å²) in [5.41, 5.74) is 0. The van der Waals surface area contributed by atoms with Gasteiger partial charge in [-0.05, 0) is 20.8 Å². The van der Waals surface area contributed by atoms with Crippen molar-refractivity contribution in [2.45, 2.75) is 39.9 Å². The van der Waals surface area contributed by atoms with Gasteiger partial charge in [0.1, 0.15) is 5.88 Å². The van der Waals surface area contributed by atoms with E-state index in [4.69, 9.17) is 0 Å². The van der Waals surface area contributed by atoms with Gasteiger partial charge in [0.2, 0.25) is 0 Å². The molecule has 82 valence electrons. The van der Waals surface area contributed by atoms with E-state index < -0.39 is 0 Å². The molecule has 0 aromatic rings. The van der Waals surface area contributed by atoms with Crippen LogP contribution in [0.1, 0.15) is 34.6 Å². The first-order chi connectivity index (χ1) is 5.60. The van der Waals surface area contributed by atoms with Crippen LogP contribution in [0.5, 0.6) is 0 Å². The second-order valence-corrected chi connectivity index (χ2v) is 5.17. The van der Waals surface area contributed by atoms with Crippen LogP contribution in [0.25, 0.3) is 0 Å². The summed E-state index contributed by atoms with van der Waals surface area (Å²) in [4.78, 5) is 0. The molecule has 0 bridgehead atoms. The average molecular weight is 317 g/mol. The van der Waals surface area contributed by atoms with Gasteiger partial charge in [0.25, 0.3) is 0 Å². The van der Waals surface area contributed by atoms with Crippen LogP contribution in [-0.4, -0.2) is 35.2 Å². The SMILES string of the molecule is CC[N+](CC)(CC)CSC(C)C.[I-]. The highest BCUT2D eigenvalue weighted by molar-refractivity contribution is 7.99. The molecule has 0 N–H and O–H groups in total. The molecule has 0 spiro atoms. The van der Waals surface area contributed by atoms with Crippen LogP contribution in [0.4, 0.5) is 0 Å². The monoisotopic (exact) mass is 317 g/mol. The highest BCUT2D eigenvalue weighted by Crippen LogP contribution is 2.17. The van der Waals surface area contributed by atoms with E-state index in [0.29, 0.717) is 0 Å². The molecule has 0 fully saturated rings. The number of hydrogen-bond acceptors (Lipinski definition) is 1. The average Bonchev–Trinajstić information content (AvgIpc) is 2.08. The Morgan fingerprint density at radius 3 is 1.62 bits per heavy atom. The summed E-state index contributed by atoms with van der Waals surface area (Å²) in [6.07, 6.45) is 0. The first-order valence-corrected chi connectivity index (χ1v) is 6.11. The predicted octanol–water partition coefficient (Wildman–Crippen LogP) is -0.0340. The Kier molecular flexibility index (Phi) is 10.6. The van der Waals surface area contributed by atoms with E-state index >= 15 is 0 Å². The lowest BCUT2D eigenvalue weighted by molar-refractivity contribution is -0.911. The van der Waals surface area contributed by atoms with Crippen molar-refractivity contribution < 1.29 is 28.5 Å². The molecular formula is C10H24INS. The Bertz CT molecular complexity index is 105.